The van der Waals surface area contributed by atoms with Gasteiger partial charge in [-0.2, -0.15) is 4.72 Å². The Balaban J connectivity index is 2.55. The molecule has 4 nitrogen and oxygen atoms in total. The summed E-state index contributed by atoms with van der Waals surface area (Å²) in [5, 5.41) is 0. The van der Waals surface area contributed by atoms with E-state index in [1.807, 2.05) is 0 Å². The van der Waals surface area contributed by atoms with E-state index in [9.17, 15) is 17.2 Å². The minimum Gasteiger partial charge on any atom is -0.349 e. The number of nitrogens with one attached hydrogen (secondary N) is 1. The molecule has 0 saturated heterocycles. The van der Waals surface area contributed by atoms with Crippen LogP contribution in [0, 0.1) is 0 Å². The molecular formula is C7H6Cl2F2N2O2S2. The highest BCUT2D eigenvalue weighted by molar-refractivity contribution is 7.90. The van der Waals surface area contributed by atoms with Gasteiger partial charge in [0.15, 0.2) is 0 Å². The number of nitrogens with zero attached hydrogens (tertiary/aromatic N) is 1. The van der Waals surface area contributed by atoms with Crippen LogP contribution in [0.2, 0.25) is 8.67 Å². The summed E-state index contributed by atoms with van der Waals surface area (Å²) in [6.07, 6.45) is -2.60. The molecule has 1 N–H and O–H groups in total. The molecule has 1 aromatic rings. The Kier molecular flexibility index (Phi) is 3.52. The molecule has 0 atom stereocenters. The second kappa shape index (κ2) is 4.51. The first-order chi connectivity index (χ1) is 7.83. The van der Waals surface area contributed by atoms with Crippen molar-refractivity contribution in [2.24, 2.45) is 0 Å². The van der Waals surface area contributed by atoms with E-state index < -0.39 is 23.0 Å². The Morgan fingerprint density at radius 1 is 1.41 bits per heavy atom. The summed E-state index contributed by atoms with van der Waals surface area (Å²) in [4.78, 5) is 0.937. The predicted octanol–water partition coefficient (Wildman–Crippen LogP) is 2.38. The summed E-state index contributed by atoms with van der Waals surface area (Å²) in [6.45, 7) is -0.852. The summed E-state index contributed by atoms with van der Waals surface area (Å²) < 4.78 is 50.3. The summed E-state index contributed by atoms with van der Waals surface area (Å²) in [5.74, 6) is 0. The van der Waals surface area contributed by atoms with Crippen LogP contribution in [0.1, 0.15) is 0 Å². The van der Waals surface area contributed by atoms with Crippen LogP contribution < -0.4 is 9.62 Å². The Labute approximate surface area is 110 Å². The third-order valence-electron chi connectivity index (χ3n) is 2.15. The van der Waals surface area contributed by atoms with E-state index >= 15 is 0 Å². The molecule has 1 aliphatic rings. The van der Waals surface area contributed by atoms with E-state index in [4.69, 9.17) is 23.2 Å². The zero-order valence-corrected chi connectivity index (χ0v) is 11.2. The normalized spacial score (nSPS) is 18.5. The highest BCUT2D eigenvalue weighted by atomic mass is 35.5. The van der Waals surface area contributed by atoms with Crippen molar-refractivity contribution in [3.8, 4) is 0 Å². The first kappa shape index (κ1) is 13.3. The molecule has 1 aromatic heterocycles. The van der Waals surface area contributed by atoms with Gasteiger partial charge >= 0.3 is 0 Å². The van der Waals surface area contributed by atoms with Crippen LogP contribution in [0.4, 0.5) is 14.5 Å². The van der Waals surface area contributed by atoms with Crippen LogP contribution >= 0.6 is 34.5 Å². The van der Waals surface area contributed by atoms with E-state index in [0.29, 0.717) is 0 Å². The van der Waals surface area contributed by atoms with Crippen LogP contribution in [-0.2, 0) is 10.0 Å². The Morgan fingerprint density at radius 3 is 2.65 bits per heavy atom. The molecule has 0 fully saturated rings. The van der Waals surface area contributed by atoms with Crippen molar-refractivity contribution in [1.82, 2.24) is 4.72 Å². The lowest BCUT2D eigenvalue weighted by Crippen LogP contribution is -2.44. The topological polar surface area (TPSA) is 49.4 Å². The SMILES string of the molecule is O=S1(=O)NCN(CC(F)F)c2c(Cl)sc(Cl)c21. The van der Waals surface area contributed by atoms with Crippen LogP contribution in [0.15, 0.2) is 4.90 Å². The minimum absolute atomic E-state index is 0.0310. The van der Waals surface area contributed by atoms with Gasteiger partial charge in [-0.1, -0.05) is 23.2 Å². The van der Waals surface area contributed by atoms with Gasteiger partial charge in [-0.25, -0.2) is 17.2 Å². The van der Waals surface area contributed by atoms with E-state index in [1.54, 1.807) is 0 Å². The third kappa shape index (κ3) is 2.37. The molecule has 0 unspecified atom stereocenters. The van der Waals surface area contributed by atoms with Gasteiger partial charge in [0.2, 0.25) is 10.0 Å². The highest BCUT2D eigenvalue weighted by Crippen LogP contribution is 2.46. The highest BCUT2D eigenvalue weighted by Gasteiger charge is 2.35. The van der Waals surface area contributed by atoms with Crippen molar-refractivity contribution in [2.75, 3.05) is 18.1 Å². The molecule has 17 heavy (non-hydrogen) atoms. The number of fused-ring (bicyclic) bond motifs is 1. The number of sulfonamides is 1. The van der Waals surface area contributed by atoms with Gasteiger partial charge in [-0.05, 0) is 0 Å². The standard InChI is InChI=1S/C7H6Cl2F2N2O2S2/c8-6-4-5(7(9)16-6)17(14,15)12-2-13(4)1-3(10)11/h3,12H,1-2H2. The molecule has 0 aliphatic carbocycles. The van der Waals surface area contributed by atoms with Crippen molar-refractivity contribution in [3.63, 3.8) is 0 Å². The number of rotatable bonds is 2. The number of thiophene rings is 1. The fourth-order valence-corrected chi connectivity index (χ4v) is 5.10. The lowest BCUT2D eigenvalue weighted by Gasteiger charge is -2.29. The fraction of sp³-hybridized carbons (Fsp3) is 0.429. The quantitative estimate of drug-likeness (QED) is 0.909. The summed E-state index contributed by atoms with van der Waals surface area (Å²) in [6, 6.07) is 0. The average molecular weight is 323 g/mol. The Bertz CT molecular complexity index is 546. The van der Waals surface area contributed by atoms with E-state index in [0.717, 1.165) is 16.2 Å². The van der Waals surface area contributed by atoms with Crippen molar-refractivity contribution < 1.29 is 17.2 Å². The molecule has 0 spiro atoms. The van der Waals surface area contributed by atoms with Gasteiger partial charge in [0.05, 0.1) is 18.9 Å². The van der Waals surface area contributed by atoms with Gasteiger partial charge < -0.3 is 4.90 Å². The Morgan fingerprint density at radius 2 is 2.06 bits per heavy atom. The monoisotopic (exact) mass is 322 g/mol. The zero-order chi connectivity index (χ0) is 12.8. The molecule has 10 heteroatoms. The lowest BCUT2D eigenvalue weighted by molar-refractivity contribution is 0.154. The second-order valence-corrected chi connectivity index (χ2v) is 7.18. The maximum absolute atomic E-state index is 12.4. The molecule has 0 bridgehead atoms. The van der Waals surface area contributed by atoms with Crippen LogP contribution in [0.3, 0.4) is 0 Å². The number of hydrogen-bond acceptors (Lipinski definition) is 4. The minimum atomic E-state index is -3.76. The van der Waals surface area contributed by atoms with E-state index in [-0.39, 0.29) is 25.9 Å². The van der Waals surface area contributed by atoms with Gasteiger partial charge in [0, 0.05) is 0 Å². The largest absolute Gasteiger partial charge is 0.349 e. The van der Waals surface area contributed by atoms with Crippen molar-refractivity contribution in [2.45, 2.75) is 11.3 Å². The van der Waals surface area contributed by atoms with Crippen LogP contribution in [-0.4, -0.2) is 28.1 Å². The molecular weight excluding hydrogens is 317 g/mol. The molecule has 0 radical (unpaired) electrons. The average Bonchev–Trinajstić information content (AvgIpc) is 2.48. The first-order valence-corrected chi connectivity index (χ1v) is 7.39. The van der Waals surface area contributed by atoms with Crippen molar-refractivity contribution >= 4 is 50.2 Å². The molecule has 2 heterocycles. The number of anilines is 1. The van der Waals surface area contributed by atoms with Crippen LogP contribution in [0.25, 0.3) is 0 Å². The summed E-state index contributed by atoms with van der Waals surface area (Å²) >= 11 is 12.4. The summed E-state index contributed by atoms with van der Waals surface area (Å²) in [5.41, 5.74) is 0.0562. The fourth-order valence-electron chi connectivity index (χ4n) is 1.49. The molecule has 0 saturated carbocycles. The van der Waals surface area contributed by atoms with Crippen molar-refractivity contribution in [1.29, 1.82) is 0 Å². The molecule has 1 aliphatic heterocycles. The zero-order valence-electron chi connectivity index (χ0n) is 8.08. The van der Waals surface area contributed by atoms with Gasteiger partial charge in [-0.15, -0.1) is 11.3 Å². The molecule has 0 aromatic carbocycles. The van der Waals surface area contributed by atoms with Gasteiger partial charge in [0.25, 0.3) is 6.43 Å². The smallest absolute Gasteiger partial charge is 0.255 e. The number of halogens is 4. The molecule has 0 amide bonds. The first-order valence-electron chi connectivity index (χ1n) is 4.33. The molecule has 2 rings (SSSR count). The van der Waals surface area contributed by atoms with Gasteiger partial charge in [0.1, 0.15) is 13.6 Å². The Hall–Kier alpha value is -0.150. The predicted molar refractivity (Wildman–Crippen MR) is 62.9 cm³/mol. The number of alkyl halides is 2. The van der Waals surface area contributed by atoms with E-state index in [2.05, 4.69) is 4.72 Å². The maximum atomic E-state index is 12.4. The van der Waals surface area contributed by atoms with Gasteiger partial charge in [-0.3, -0.25) is 0 Å². The van der Waals surface area contributed by atoms with Crippen molar-refractivity contribution in [3.05, 3.63) is 8.67 Å². The maximum Gasteiger partial charge on any atom is 0.255 e. The third-order valence-corrected chi connectivity index (χ3v) is 5.42. The summed E-state index contributed by atoms with van der Waals surface area (Å²) in [7, 11) is -3.76. The second-order valence-electron chi connectivity index (χ2n) is 3.25. The molecule has 96 valence electrons. The van der Waals surface area contributed by atoms with Crippen LogP contribution in [0.5, 0.6) is 0 Å². The number of hydrogen-bond donors (Lipinski definition) is 1. The van der Waals surface area contributed by atoms with E-state index in [1.165, 1.54) is 0 Å². The lowest BCUT2D eigenvalue weighted by atomic mass is 10.4.